The van der Waals surface area contributed by atoms with Gasteiger partial charge in [0.2, 0.25) is 0 Å². The zero-order valence-corrected chi connectivity index (χ0v) is 24.7. The number of hydrogen-bond acceptors (Lipinski definition) is 1. The summed E-state index contributed by atoms with van der Waals surface area (Å²) in [5.74, 6) is 0. The summed E-state index contributed by atoms with van der Waals surface area (Å²) < 4.78 is 0.871. The summed E-state index contributed by atoms with van der Waals surface area (Å²) >= 11 is -2.89. The van der Waals surface area contributed by atoms with Crippen molar-refractivity contribution in [2.45, 2.75) is 127 Å². The molecule has 1 rings (SSSR count). The first-order chi connectivity index (χ1) is 14.5. The standard InChI is InChI=1S/C21H37N.C4H9.3ClH.Sn/c1-2-3-4-5-6-7-8-9-10-11-12-13-14-15-18-21-19-16-17-20-22-21;1-3-4-2;;;;/h16-17,19-20H,2-15,18H2,1H3;1,3-4H2,2H3;3*1H;/q;;;;;+3/p-3. The Morgan fingerprint density at radius 1 is 0.633 bits per heavy atom. The maximum absolute atomic E-state index is 5.65. The summed E-state index contributed by atoms with van der Waals surface area (Å²) in [5.41, 5.74) is 1.25. The van der Waals surface area contributed by atoms with Crippen molar-refractivity contribution in [2.75, 3.05) is 0 Å². The second-order valence-electron chi connectivity index (χ2n) is 8.39. The van der Waals surface area contributed by atoms with Gasteiger partial charge in [-0.2, -0.15) is 0 Å². The molecule has 0 atom stereocenters. The van der Waals surface area contributed by atoms with Crippen LogP contribution in [0.1, 0.15) is 122 Å². The van der Waals surface area contributed by atoms with Crippen LogP contribution in [0.25, 0.3) is 0 Å². The van der Waals surface area contributed by atoms with Crippen molar-refractivity contribution in [3.8, 4) is 0 Å². The third-order valence-corrected chi connectivity index (χ3v) is 11.8. The van der Waals surface area contributed by atoms with Crippen LogP contribution < -0.4 is 0 Å². The van der Waals surface area contributed by atoms with Gasteiger partial charge in [0.25, 0.3) is 0 Å². The third kappa shape index (κ3) is 25.1. The van der Waals surface area contributed by atoms with E-state index in [0.29, 0.717) is 0 Å². The van der Waals surface area contributed by atoms with Crippen molar-refractivity contribution < 1.29 is 0 Å². The van der Waals surface area contributed by atoms with E-state index < -0.39 is 15.0 Å². The van der Waals surface area contributed by atoms with Crippen LogP contribution in [0.15, 0.2) is 24.4 Å². The molecule has 5 heteroatoms. The van der Waals surface area contributed by atoms with E-state index in [1.807, 2.05) is 12.3 Å². The van der Waals surface area contributed by atoms with Crippen LogP contribution in [0.4, 0.5) is 0 Å². The van der Waals surface area contributed by atoms with Gasteiger partial charge in [-0.25, -0.2) is 0 Å². The number of halogens is 3. The number of hydrogen-bond donors (Lipinski definition) is 0. The molecule has 0 aliphatic carbocycles. The molecular weight excluding hydrogens is 539 g/mol. The number of pyridine rings is 1. The zero-order chi connectivity index (χ0) is 22.3. The van der Waals surface area contributed by atoms with Crippen molar-refractivity contribution in [2.24, 2.45) is 0 Å². The molecule has 176 valence electrons. The van der Waals surface area contributed by atoms with Gasteiger partial charge in [0, 0.05) is 11.9 Å². The van der Waals surface area contributed by atoms with Crippen LogP contribution in [0.3, 0.4) is 0 Å². The number of aryl methyl sites for hydroxylation is 1. The first kappa shape index (κ1) is 30.8. The molecule has 0 saturated heterocycles. The van der Waals surface area contributed by atoms with Crippen molar-refractivity contribution in [3.63, 3.8) is 0 Å². The molecule has 0 amide bonds. The zero-order valence-electron chi connectivity index (χ0n) is 19.6. The molecule has 30 heavy (non-hydrogen) atoms. The molecule has 0 radical (unpaired) electrons. The summed E-state index contributed by atoms with van der Waals surface area (Å²) in [4.78, 5) is 4.38. The van der Waals surface area contributed by atoms with Crippen LogP contribution in [-0.2, 0) is 6.42 Å². The fourth-order valence-corrected chi connectivity index (χ4v) is 8.27. The second kappa shape index (κ2) is 23.0. The summed E-state index contributed by atoms with van der Waals surface area (Å²) in [6.45, 7) is 4.39. The molecular formula is C25H46Cl3NSn. The molecule has 1 aromatic heterocycles. The summed E-state index contributed by atoms with van der Waals surface area (Å²) in [6.07, 6.45) is 25.2. The third-order valence-electron chi connectivity index (χ3n) is 5.33. The van der Waals surface area contributed by atoms with Crippen LogP contribution in [-0.4, -0.2) is 20.0 Å². The van der Waals surface area contributed by atoms with Gasteiger partial charge in [-0.15, -0.1) is 0 Å². The number of nitrogens with zero attached hydrogens (tertiary/aromatic N) is 1. The van der Waals surface area contributed by atoms with Crippen LogP contribution in [0.2, 0.25) is 4.44 Å². The van der Waals surface area contributed by atoms with Gasteiger partial charge in [0.15, 0.2) is 0 Å². The van der Waals surface area contributed by atoms with Gasteiger partial charge < -0.3 is 0 Å². The maximum atomic E-state index is 5.65. The molecule has 0 N–H and O–H groups in total. The summed E-state index contributed by atoms with van der Waals surface area (Å²) in [5, 5.41) is 0. The van der Waals surface area contributed by atoms with E-state index in [0.717, 1.165) is 23.7 Å². The SMILES string of the molecule is CCCCCCCCCCCCCCCCc1ccccn1.CCC[CH2][Sn]([Cl])([Cl])[Cl]. The minimum absolute atomic E-state index is 0.871. The average Bonchev–Trinajstić information content (AvgIpc) is 2.73. The fourth-order valence-electron chi connectivity index (χ4n) is 3.42. The predicted molar refractivity (Wildman–Crippen MR) is 141 cm³/mol. The Labute approximate surface area is 203 Å². The number of rotatable bonds is 18. The van der Waals surface area contributed by atoms with E-state index in [9.17, 15) is 0 Å². The molecule has 0 aromatic carbocycles. The van der Waals surface area contributed by atoms with Gasteiger partial charge in [-0.3, -0.25) is 4.98 Å². The fraction of sp³-hybridized carbons (Fsp3) is 0.800. The Morgan fingerprint density at radius 2 is 1.10 bits per heavy atom. The Bertz CT molecular complexity index is 451. The number of unbranched alkanes of at least 4 members (excludes halogenated alkanes) is 14. The Balaban J connectivity index is 0.000000890. The average molecular weight is 586 g/mol. The van der Waals surface area contributed by atoms with E-state index >= 15 is 0 Å². The molecule has 0 bridgehead atoms. The molecule has 1 nitrogen and oxygen atoms in total. The topological polar surface area (TPSA) is 12.9 Å². The predicted octanol–water partition coefficient (Wildman–Crippen LogP) is 10.5. The minimum atomic E-state index is -2.89. The van der Waals surface area contributed by atoms with E-state index in [1.165, 1.54) is 95.6 Å². The molecule has 0 saturated carbocycles. The normalized spacial score (nSPS) is 11.2. The van der Waals surface area contributed by atoms with Gasteiger partial charge in [-0.1, -0.05) is 96.5 Å². The molecule has 0 aliphatic heterocycles. The number of aromatic nitrogens is 1. The molecule has 1 heterocycles. The van der Waals surface area contributed by atoms with Crippen LogP contribution in [0, 0.1) is 0 Å². The Kier molecular flexibility index (Phi) is 23.6. The van der Waals surface area contributed by atoms with E-state index in [2.05, 4.69) is 31.0 Å². The first-order valence-corrected chi connectivity index (χ1v) is 25.3. The molecule has 0 fully saturated rings. The summed E-state index contributed by atoms with van der Waals surface area (Å²) in [7, 11) is 17.0. The van der Waals surface area contributed by atoms with E-state index in [1.54, 1.807) is 0 Å². The van der Waals surface area contributed by atoms with Crippen molar-refractivity contribution in [3.05, 3.63) is 30.1 Å². The van der Waals surface area contributed by atoms with Crippen molar-refractivity contribution >= 4 is 41.8 Å². The van der Waals surface area contributed by atoms with Crippen molar-refractivity contribution in [1.82, 2.24) is 4.98 Å². The first-order valence-electron chi connectivity index (χ1n) is 12.5. The van der Waals surface area contributed by atoms with E-state index in [-0.39, 0.29) is 0 Å². The van der Waals surface area contributed by atoms with E-state index in [4.69, 9.17) is 26.8 Å². The molecule has 0 aliphatic rings. The second-order valence-corrected chi connectivity index (χ2v) is 30.2. The van der Waals surface area contributed by atoms with Gasteiger partial charge in [-0.05, 0) is 25.0 Å². The Hall–Kier alpha value is 0.819. The Morgan fingerprint density at radius 3 is 1.47 bits per heavy atom. The van der Waals surface area contributed by atoms with Gasteiger partial charge >= 0.3 is 66.0 Å². The van der Waals surface area contributed by atoms with Gasteiger partial charge in [0.1, 0.15) is 0 Å². The van der Waals surface area contributed by atoms with Crippen LogP contribution in [0.5, 0.6) is 0 Å². The molecule has 0 spiro atoms. The van der Waals surface area contributed by atoms with Crippen molar-refractivity contribution in [1.29, 1.82) is 0 Å². The molecule has 1 aromatic rings. The van der Waals surface area contributed by atoms with Gasteiger partial charge in [0.05, 0.1) is 0 Å². The summed E-state index contributed by atoms with van der Waals surface area (Å²) in [6, 6.07) is 6.23. The molecule has 0 unspecified atom stereocenters. The monoisotopic (exact) mass is 585 g/mol. The van der Waals surface area contributed by atoms with Crippen LogP contribution >= 0.6 is 26.8 Å². The quantitative estimate of drug-likeness (QED) is 0.123.